The van der Waals surface area contributed by atoms with Crippen molar-refractivity contribution in [3.05, 3.63) is 24.3 Å². The minimum Gasteiger partial charge on any atom is -0.497 e. The Labute approximate surface area is 118 Å². The predicted octanol–water partition coefficient (Wildman–Crippen LogP) is 2.76. The van der Waals surface area contributed by atoms with Crippen molar-refractivity contribution >= 4 is 17.7 Å². The van der Waals surface area contributed by atoms with Crippen molar-refractivity contribution in [1.82, 2.24) is 0 Å². The Morgan fingerprint density at radius 3 is 2.84 bits per heavy atom. The van der Waals surface area contributed by atoms with Gasteiger partial charge in [0.25, 0.3) is 0 Å². The van der Waals surface area contributed by atoms with Gasteiger partial charge in [0.2, 0.25) is 0 Å². The topological polar surface area (TPSA) is 72.5 Å². The second-order valence-corrected chi connectivity index (χ2v) is 5.61. The molecule has 1 rings (SSSR count). The number of carbonyl (C=O) groups is 1. The first-order valence-electron chi connectivity index (χ1n) is 6.31. The standard InChI is InChI=1S/C14H21NO3S/c1-3-14(15,13(16)17)8-5-9-19-12-7-4-6-11(10-12)18-2/h4,6-7,10H,3,5,8-9,15H2,1-2H3,(H,16,17). The quantitative estimate of drug-likeness (QED) is 0.567. The molecule has 1 aromatic carbocycles. The number of carboxylic acids is 1. The van der Waals surface area contributed by atoms with E-state index in [0.717, 1.165) is 22.8 Å². The Morgan fingerprint density at radius 1 is 1.53 bits per heavy atom. The summed E-state index contributed by atoms with van der Waals surface area (Å²) >= 11 is 1.68. The molecule has 0 heterocycles. The molecule has 4 nitrogen and oxygen atoms in total. The molecule has 3 N–H and O–H groups in total. The molecule has 0 aliphatic carbocycles. The highest BCUT2D eigenvalue weighted by Gasteiger charge is 2.30. The van der Waals surface area contributed by atoms with Crippen molar-refractivity contribution in [2.45, 2.75) is 36.6 Å². The summed E-state index contributed by atoms with van der Waals surface area (Å²) in [5.41, 5.74) is 4.75. The molecule has 0 aromatic heterocycles. The zero-order chi connectivity index (χ0) is 14.3. The number of hydrogen-bond donors (Lipinski definition) is 2. The van der Waals surface area contributed by atoms with Gasteiger partial charge in [0.1, 0.15) is 11.3 Å². The number of aliphatic carboxylic acids is 1. The van der Waals surface area contributed by atoms with Crippen molar-refractivity contribution in [1.29, 1.82) is 0 Å². The molecule has 0 saturated heterocycles. The molecular weight excluding hydrogens is 262 g/mol. The van der Waals surface area contributed by atoms with Crippen molar-refractivity contribution in [2.24, 2.45) is 5.73 Å². The van der Waals surface area contributed by atoms with Crippen LogP contribution < -0.4 is 10.5 Å². The Bertz CT molecular complexity index is 425. The lowest BCUT2D eigenvalue weighted by molar-refractivity contribution is -0.143. The van der Waals surface area contributed by atoms with Crippen LogP contribution in [0.4, 0.5) is 0 Å². The highest BCUT2D eigenvalue weighted by Crippen LogP contribution is 2.25. The van der Waals surface area contributed by atoms with Gasteiger partial charge in [-0.05, 0) is 43.2 Å². The maximum absolute atomic E-state index is 11.1. The molecule has 0 spiro atoms. The van der Waals surface area contributed by atoms with Gasteiger partial charge in [-0.25, -0.2) is 0 Å². The monoisotopic (exact) mass is 283 g/mol. The number of benzene rings is 1. The third-order valence-corrected chi connectivity index (χ3v) is 4.21. The van der Waals surface area contributed by atoms with E-state index in [2.05, 4.69) is 0 Å². The predicted molar refractivity (Wildman–Crippen MR) is 77.8 cm³/mol. The number of nitrogens with two attached hydrogens (primary N) is 1. The maximum Gasteiger partial charge on any atom is 0.323 e. The molecule has 0 bridgehead atoms. The van der Waals surface area contributed by atoms with E-state index in [9.17, 15) is 4.79 Å². The number of carboxylic acid groups (broad SMARTS) is 1. The van der Waals surface area contributed by atoms with Crippen LogP contribution in [-0.2, 0) is 4.79 Å². The van der Waals surface area contributed by atoms with Gasteiger partial charge in [-0.1, -0.05) is 13.0 Å². The summed E-state index contributed by atoms with van der Waals surface area (Å²) in [6.07, 6.45) is 1.72. The lowest BCUT2D eigenvalue weighted by Gasteiger charge is -2.22. The second-order valence-electron chi connectivity index (χ2n) is 4.45. The van der Waals surface area contributed by atoms with Gasteiger partial charge in [-0.15, -0.1) is 11.8 Å². The largest absolute Gasteiger partial charge is 0.497 e. The molecular formula is C14H21NO3S. The second kappa shape index (κ2) is 7.40. The van der Waals surface area contributed by atoms with E-state index in [1.807, 2.05) is 31.2 Å². The van der Waals surface area contributed by atoms with Gasteiger partial charge < -0.3 is 15.6 Å². The SMILES string of the molecule is CCC(N)(CCCSc1cccc(OC)c1)C(=O)O. The molecule has 106 valence electrons. The fraction of sp³-hybridized carbons (Fsp3) is 0.500. The van der Waals surface area contributed by atoms with Crippen LogP contribution in [0.2, 0.25) is 0 Å². The van der Waals surface area contributed by atoms with Crippen molar-refractivity contribution in [2.75, 3.05) is 12.9 Å². The normalized spacial score (nSPS) is 13.8. The van der Waals surface area contributed by atoms with E-state index < -0.39 is 11.5 Å². The fourth-order valence-electron chi connectivity index (χ4n) is 1.70. The number of ether oxygens (including phenoxy) is 1. The fourth-order valence-corrected chi connectivity index (χ4v) is 2.60. The number of rotatable bonds is 8. The van der Waals surface area contributed by atoms with E-state index in [-0.39, 0.29) is 0 Å². The maximum atomic E-state index is 11.1. The van der Waals surface area contributed by atoms with Gasteiger partial charge >= 0.3 is 5.97 Å². The minimum atomic E-state index is -1.09. The van der Waals surface area contributed by atoms with Crippen LogP contribution >= 0.6 is 11.8 Å². The summed E-state index contributed by atoms with van der Waals surface area (Å²) < 4.78 is 5.15. The van der Waals surface area contributed by atoms with Crippen molar-refractivity contribution in [3.8, 4) is 5.75 Å². The first-order chi connectivity index (χ1) is 9.01. The van der Waals surface area contributed by atoms with E-state index in [1.165, 1.54) is 0 Å². The first kappa shape index (κ1) is 15.9. The van der Waals surface area contributed by atoms with Gasteiger partial charge in [-0.2, -0.15) is 0 Å². The number of thioether (sulfide) groups is 1. The summed E-state index contributed by atoms with van der Waals surface area (Å²) in [4.78, 5) is 12.2. The van der Waals surface area contributed by atoms with E-state index in [4.69, 9.17) is 15.6 Å². The van der Waals surface area contributed by atoms with Crippen molar-refractivity contribution < 1.29 is 14.6 Å². The van der Waals surface area contributed by atoms with Crippen LogP contribution in [0.25, 0.3) is 0 Å². The summed E-state index contributed by atoms with van der Waals surface area (Å²) in [5, 5.41) is 9.07. The highest BCUT2D eigenvalue weighted by molar-refractivity contribution is 7.99. The van der Waals surface area contributed by atoms with Crippen LogP contribution in [0.1, 0.15) is 26.2 Å². The van der Waals surface area contributed by atoms with E-state index in [0.29, 0.717) is 12.8 Å². The molecule has 0 fully saturated rings. The van der Waals surface area contributed by atoms with Gasteiger partial charge in [0, 0.05) is 4.90 Å². The Hall–Kier alpha value is -1.20. The van der Waals surface area contributed by atoms with E-state index in [1.54, 1.807) is 18.9 Å². The van der Waals surface area contributed by atoms with Crippen LogP contribution in [0.15, 0.2) is 29.2 Å². The number of hydrogen-bond acceptors (Lipinski definition) is 4. The molecule has 0 saturated carbocycles. The zero-order valence-electron chi connectivity index (χ0n) is 11.4. The third kappa shape index (κ3) is 4.76. The lowest BCUT2D eigenvalue weighted by atomic mass is 9.92. The number of methoxy groups -OCH3 is 1. The van der Waals surface area contributed by atoms with Crippen LogP contribution in [0.5, 0.6) is 5.75 Å². The third-order valence-electron chi connectivity index (χ3n) is 3.13. The molecule has 0 aliphatic rings. The molecule has 1 atom stereocenters. The zero-order valence-corrected chi connectivity index (χ0v) is 12.2. The molecule has 1 aromatic rings. The molecule has 0 radical (unpaired) electrons. The molecule has 0 amide bonds. The Morgan fingerprint density at radius 2 is 2.26 bits per heavy atom. The highest BCUT2D eigenvalue weighted by atomic mass is 32.2. The Kier molecular flexibility index (Phi) is 6.18. The molecule has 0 aliphatic heterocycles. The van der Waals surface area contributed by atoms with Crippen LogP contribution in [-0.4, -0.2) is 29.5 Å². The average Bonchev–Trinajstić information content (AvgIpc) is 2.43. The van der Waals surface area contributed by atoms with Gasteiger partial charge in [0.15, 0.2) is 0 Å². The molecule has 5 heteroatoms. The van der Waals surface area contributed by atoms with Crippen LogP contribution in [0.3, 0.4) is 0 Å². The lowest BCUT2D eigenvalue weighted by Crippen LogP contribution is -2.47. The summed E-state index contributed by atoms with van der Waals surface area (Å²) in [7, 11) is 1.64. The van der Waals surface area contributed by atoms with Crippen molar-refractivity contribution in [3.63, 3.8) is 0 Å². The average molecular weight is 283 g/mol. The van der Waals surface area contributed by atoms with E-state index >= 15 is 0 Å². The summed E-state index contributed by atoms with van der Waals surface area (Å²) in [6, 6.07) is 7.82. The summed E-state index contributed by atoms with van der Waals surface area (Å²) in [6.45, 7) is 1.81. The van der Waals surface area contributed by atoms with Gasteiger partial charge in [0.05, 0.1) is 7.11 Å². The summed E-state index contributed by atoms with van der Waals surface area (Å²) in [5.74, 6) is 0.762. The molecule has 1 unspecified atom stereocenters. The first-order valence-corrected chi connectivity index (χ1v) is 7.29. The van der Waals surface area contributed by atoms with Gasteiger partial charge in [-0.3, -0.25) is 4.79 Å². The Balaban J connectivity index is 2.40. The molecule has 19 heavy (non-hydrogen) atoms. The van der Waals surface area contributed by atoms with Crippen LogP contribution in [0, 0.1) is 0 Å². The minimum absolute atomic E-state index is 0.451. The smallest absolute Gasteiger partial charge is 0.323 e.